The molecule has 0 bridgehead atoms. The smallest absolute Gasteiger partial charge is 0.252 e. The third-order valence-electron chi connectivity index (χ3n) is 6.67. The van der Waals surface area contributed by atoms with Crippen LogP contribution in [0.2, 0.25) is 0 Å². The number of carbonyl (C=O) groups is 1. The van der Waals surface area contributed by atoms with E-state index in [4.69, 9.17) is 11.0 Å². The van der Waals surface area contributed by atoms with Gasteiger partial charge < -0.3 is 20.5 Å². The van der Waals surface area contributed by atoms with Crippen molar-refractivity contribution in [2.45, 2.75) is 19.4 Å². The summed E-state index contributed by atoms with van der Waals surface area (Å²) in [5.74, 6) is 0.248. The van der Waals surface area contributed by atoms with E-state index in [9.17, 15) is 9.59 Å². The maximum atomic E-state index is 12.3. The summed E-state index contributed by atoms with van der Waals surface area (Å²) in [7, 11) is 1.70. The van der Waals surface area contributed by atoms with Crippen LogP contribution in [0.5, 0.6) is 0 Å². The lowest BCUT2D eigenvalue weighted by molar-refractivity contribution is 0.100. The van der Waals surface area contributed by atoms with Crippen LogP contribution < -0.4 is 21.5 Å². The summed E-state index contributed by atoms with van der Waals surface area (Å²) in [6.45, 7) is 3.47. The largest absolute Gasteiger partial charge is 0.378 e. The fraction of sp³-hybridized carbons (Fsp3) is 0.280. The van der Waals surface area contributed by atoms with Crippen LogP contribution in [0, 0.1) is 17.2 Å². The number of fused-ring (bicyclic) bond motifs is 1. The maximum Gasteiger partial charge on any atom is 0.252 e. The van der Waals surface area contributed by atoms with Crippen molar-refractivity contribution < 1.29 is 4.79 Å². The normalized spacial score (nSPS) is 17.3. The Balaban J connectivity index is 1.51. The number of aryl methyl sites for hydroxylation is 1. The van der Waals surface area contributed by atoms with Crippen LogP contribution in [0.4, 0.5) is 11.6 Å². The van der Waals surface area contributed by atoms with Gasteiger partial charge in [-0.3, -0.25) is 9.59 Å². The standard InChI is InChI=1S/C25H25N9O2/c1-3-16-12-33(25-28-8-15(7-26)9-29-25)14-20(16)31-23-19(24(27)36)10-30-34-13-18(6-21(23)34)17-4-5-22(35)32(2)11-17/h4-6,8-11,13,16,20,31H,3,12,14H2,1-2H3,(H2,27,36)/t16-,20-/m1/s1. The Morgan fingerprint density at radius 1 is 1.19 bits per heavy atom. The first-order valence-corrected chi connectivity index (χ1v) is 11.6. The number of hydrogen-bond donors (Lipinski definition) is 2. The number of rotatable bonds is 6. The van der Waals surface area contributed by atoms with Gasteiger partial charge in [0.15, 0.2) is 0 Å². The summed E-state index contributed by atoms with van der Waals surface area (Å²) in [5.41, 5.74) is 9.36. The molecule has 0 spiro atoms. The van der Waals surface area contributed by atoms with Crippen molar-refractivity contribution in [2.24, 2.45) is 18.7 Å². The summed E-state index contributed by atoms with van der Waals surface area (Å²) >= 11 is 0. The monoisotopic (exact) mass is 483 g/mol. The molecule has 1 fully saturated rings. The van der Waals surface area contributed by atoms with E-state index < -0.39 is 5.91 Å². The molecule has 5 rings (SSSR count). The number of nitrogens with zero attached hydrogens (tertiary/aromatic N) is 7. The van der Waals surface area contributed by atoms with Crippen LogP contribution in [0.25, 0.3) is 16.6 Å². The highest BCUT2D eigenvalue weighted by Gasteiger charge is 2.34. The van der Waals surface area contributed by atoms with Gasteiger partial charge in [0.25, 0.3) is 5.91 Å². The molecule has 1 amide bonds. The Bertz CT molecular complexity index is 1550. The van der Waals surface area contributed by atoms with E-state index in [-0.39, 0.29) is 17.5 Å². The van der Waals surface area contributed by atoms with Crippen LogP contribution in [0.15, 0.2) is 54.0 Å². The third kappa shape index (κ3) is 4.13. The quantitative estimate of drug-likeness (QED) is 0.422. The van der Waals surface area contributed by atoms with Gasteiger partial charge in [-0.2, -0.15) is 10.4 Å². The molecule has 1 aliphatic rings. The van der Waals surface area contributed by atoms with Crippen molar-refractivity contribution in [3.63, 3.8) is 0 Å². The van der Waals surface area contributed by atoms with Gasteiger partial charge in [-0.15, -0.1) is 0 Å². The molecule has 0 unspecified atom stereocenters. The lowest BCUT2D eigenvalue weighted by Gasteiger charge is -2.21. The van der Waals surface area contributed by atoms with E-state index in [0.717, 1.165) is 24.1 Å². The van der Waals surface area contributed by atoms with E-state index in [1.807, 2.05) is 18.3 Å². The second-order valence-electron chi connectivity index (χ2n) is 8.93. The average Bonchev–Trinajstić information content (AvgIpc) is 3.50. The topological polar surface area (TPSA) is 147 Å². The predicted octanol–water partition coefficient (Wildman–Crippen LogP) is 1.79. The number of amides is 1. The lowest BCUT2D eigenvalue weighted by atomic mass is 10.00. The summed E-state index contributed by atoms with van der Waals surface area (Å²) < 4.78 is 3.22. The van der Waals surface area contributed by atoms with Crippen molar-refractivity contribution >= 4 is 23.1 Å². The maximum absolute atomic E-state index is 12.3. The molecule has 11 heteroatoms. The first-order valence-electron chi connectivity index (χ1n) is 11.6. The molecule has 1 saturated heterocycles. The zero-order valence-corrected chi connectivity index (χ0v) is 19.9. The van der Waals surface area contributed by atoms with Gasteiger partial charge in [-0.05, 0) is 30.0 Å². The molecule has 2 atom stereocenters. The Morgan fingerprint density at radius 2 is 1.97 bits per heavy atom. The number of nitrogens with two attached hydrogens (primary N) is 1. The molecule has 4 aromatic heterocycles. The number of carbonyl (C=O) groups excluding carboxylic acids is 1. The minimum absolute atomic E-state index is 0.00515. The second kappa shape index (κ2) is 9.14. The molecule has 3 N–H and O–H groups in total. The van der Waals surface area contributed by atoms with E-state index >= 15 is 0 Å². The second-order valence-corrected chi connectivity index (χ2v) is 8.93. The fourth-order valence-corrected chi connectivity index (χ4v) is 4.66. The Labute approximate surface area is 206 Å². The van der Waals surface area contributed by atoms with E-state index in [1.54, 1.807) is 23.8 Å². The minimum Gasteiger partial charge on any atom is -0.378 e. The van der Waals surface area contributed by atoms with Crippen molar-refractivity contribution in [3.8, 4) is 17.2 Å². The van der Waals surface area contributed by atoms with E-state index in [2.05, 4.69) is 32.2 Å². The third-order valence-corrected chi connectivity index (χ3v) is 6.67. The molecule has 0 aliphatic carbocycles. The molecule has 11 nitrogen and oxygen atoms in total. The van der Waals surface area contributed by atoms with Crippen LogP contribution in [0.3, 0.4) is 0 Å². The zero-order chi connectivity index (χ0) is 25.4. The Hall–Kier alpha value is -4.72. The highest BCUT2D eigenvalue weighted by Crippen LogP contribution is 2.32. The predicted molar refractivity (Wildman–Crippen MR) is 135 cm³/mol. The zero-order valence-electron chi connectivity index (χ0n) is 19.9. The number of pyridine rings is 1. The molecule has 0 saturated carbocycles. The molecule has 4 aromatic rings. The first kappa shape index (κ1) is 23.0. The molecule has 5 heterocycles. The summed E-state index contributed by atoms with van der Waals surface area (Å²) in [6, 6.07) is 7.24. The van der Waals surface area contributed by atoms with Crippen molar-refractivity contribution in [3.05, 3.63) is 70.7 Å². The van der Waals surface area contributed by atoms with Crippen molar-refractivity contribution in [1.29, 1.82) is 5.26 Å². The SMILES string of the molecule is CC[C@@H]1CN(c2ncc(C#N)cn2)C[C@H]1Nc1c(C(N)=O)cnn2cc(-c3ccc(=O)n(C)c3)cc12. The minimum atomic E-state index is -0.573. The van der Waals surface area contributed by atoms with Gasteiger partial charge in [0.05, 0.1) is 40.9 Å². The highest BCUT2D eigenvalue weighted by molar-refractivity contribution is 6.02. The molecule has 1 aliphatic heterocycles. The molecule has 0 aromatic carbocycles. The fourth-order valence-electron chi connectivity index (χ4n) is 4.66. The number of primary amides is 1. The molecular weight excluding hydrogens is 458 g/mol. The average molecular weight is 484 g/mol. The highest BCUT2D eigenvalue weighted by atomic mass is 16.1. The van der Waals surface area contributed by atoms with Gasteiger partial charge in [0.2, 0.25) is 11.5 Å². The number of anilines is 2. The number of hydrogen-bond acceptors (Lipinski definition) is 8. The number of nitriles is 1. The van der Waals surface area contributed by atoms with Gasteiger partial charge in [0.1, 0.15) is 6.07 Å². The molecule has 182 valence electrons. The summed E-state index contributed by atoms with van der Waals surface area (Å²) in [6.07, 6.45) is 9.03. The van der Waals surface area contributed by atoms with Gasteiger partial charge >= 0.3 is 0 Å². The van der Waals surface area contributed by atoms with Crippen LogP contribution in [0.1, 0.15) is 29.3 Å². The molecular formula is C25H25N9O2. The van der Waals surface area contributed by atoms with Crippen molar-refractivity contribution in [1.82, 2.24) is 24.1 Å². The molecule has 0 radical (unpaired) electrons. The van der Waals surface area contributed by atoms with Crippen LogP contribution in [-0.4, -0.2) is 49.2 Å². The lowest BCUT2D eigenvalue weighted by Crippen LogP contribution is -2.31. The van der Waals surface area contributed by atoms with Crippen LogP contribution in [-0.2, 0) is 7.05 Å². The molecule has 36 heavy (non-hydrogen) atoms. The Kier molecular flexibility index (Phi) is 5.85. The van der Waals surface area contributed by atoms with E-state index in [1.165, 1.54) is 29.2 Å². The summed E-state index contributed by atoms with van der Waals surface area (Å²) in [5, 5.41) is 17.0. The van der Waals surface area contributed by atoms with Crippen molar-refractivity contribution in [2.75, 3.05) is 23.3 Å². The van der Waals surface area contributed by atoms with Gasteiger partial charge in [-0.1, -0.05) is 6.92 Å². The Morgan fingerprint density at radius 3 is 2.64 bits per heavy atom. The number of aromatic nitrogens is 5. The van der Waals surface area contributed by atoms with Gasteiger partial charge in [-0.25, -0.2) is 14.5 Å². The van der Waals surface area contributed by atoms with Crippen LogP contribution >= 0.6 is 0 Å². The summed E-state index contributed by atoms with van der Waals surface area (Å²) in [4.78, 5) is 34.9. The number of nitrogens with one attached hydrogen (secondary N) is 1. The van der Waals surface area contributed by atoms with E-state index in [0.29, 0.717) is 34.8 Å². The van der Waals surface area contributed by atoms with Gasteiger partial charge in [0, 0.05) is 50.2 Å². The first-order chi connectivity index (χ1) is 17.4.